The Balaban J connectivity index is 2.34. The van der Waals surface area contributed by atoms with Crippen molar-refractivity contribution in [3.05, 3.63) is 51.2 Å². The van der Waals surface area contributed by atoms with Crippen LogP contribution in [0.5, 0.6) is 0 Å². The maximum absolute atomic E-state index is 12.0. The molecular formula is C14H13Cl2NOS. The van der Waals surface area contributed by atoms with Crippen LogP contribution in [0.2, 0.25) is 5.02 Å². The van der Waals surface area contributed by atoms with Crippen molar-refractivity contribution < 1.29 is 4.79 Å². The molecule has 0 fully saturated rings. The third-order valence-corrected chi connectivity index (χ3v) is 4.08. The van der Waals surface area contributed by atoms with Crippen molar-refractivity contribution in [2.45, 2.75) is 13.5 Å². The van der Waals surface area contributed by atoms with Crippen LogP contribution >= 0.6 is 34.5 Å². The number of carbonyl (C=O) groups is 1. The van der Waals surface area contributed by atoms with Crippen LogP contribution in [-0.4, -0.2) is 11.8 Å². The third-order valence-electron chi connectivity index (χ3n) is 2.76. The summed E-state index contributed by atoms with van der Waals surface area (Å²) in [5, 5.41) is 2.66. The number of benzene rings is 1. The minimum absolute atomic E-state index is 0.0343. The monoisotopic (exact) mass is 313 g/mol. The fourth-order valence-electron chi connectivity index (χ4n) is 1.86. The summed E-state index contributed by atoms with van der Waals surface area (Å²) in [4.78, 5) is 14.9. The van der Waals surface area contributed by atoms with Crippen LogP contribution in [0.3, 0.4) is 0 Å². The molecule has 2 rings (SSSR count). The van der Waals surface area contributed by atoms with E-state index in [1.165, 1.54) is 0 Å². The summed E-state index contributed by atoms with van der Waals surface area (Å²) < 4.78 is 0. The molecule has 1 heterocycles. The fraction of sp³-hybridized carbons (Fsp3) is 0.214. The summed E-state index contributed by atoms with van der Waals surface area (Å²) >= 11 is 13.3. The largest absolute Gasteiger partial charge is 0.306 e. The normalized spacial score (nSPS) is 10.5. The van der Waals surface area contributed by atoms with E-state index in [4.69, 9.17) is 23.2 Å². The molecule has 1 aromatic heterocycles. The number of hydrogen-bond donors (Lipinski definition) is 0. The predicted octanol–water partition coefficient (Wildman–Crippen LogP) is 4.48. The van der Waals surface area contributed by atoms with Gasteiger partial charge in [0.25, 0.3) is 0 Å². The minimum atomic E-state index is -0.111. The van der Waals surface area contributed by atoms with E-state index in [1.807, 2.05) is 36.6 Å². The predicted molar refractivity (Wildman–Crippen MR) is 82.4 cm³/mol. The van der Waals surface area contributed by atoms with Gasteiger partial charge in [-0.25, -0.2) is 0 Å². The van der Waals surface area contributed by atoms with Gasteiger partial charge in [0.05, 0.1) is 6.54 Å². The van der Waals surface area contributed by atoms with Crippen LogP contribution in [0.1, 0.15) is 10.4 Å². The zero-order valence-corrected chi connectivity index (χ0v) is 12.7. The molecule has 0 bridgehead atoms. The summed E-state index contributed by atoms with van der Waals surface area (Å²) in [5.74, 6) is -0.145. The van der Waals surface area contributed by atoms with E-state index < -0.39 is 0 Å². The van der Waals surface area contributed by atoms with Gasteiger partial charge in [-0.3, -0.25) is 4.79 Å². The number of nitrogens with zero attached hydrogens (tertiary/aromatic N) is 1. The van der Waals surface area contributed by atoms with Crippen molar-refractivity contribution >= 4 is 46.1 Å². The van der Waals surface area contributed by atoms with Gasteiger partial charge in [-0.15, -0.1) is 22.9 Å². The second kappa shape index (κ2) is 6.42. The number of anilines is 1. The summed E-state index contributed by atoms with van der Waals surface area (Å²) in [6.07, 6.45) is 0. The maximum atomic E-state index is 12.0. The highest BCUT2D eigenvalue weighted by Crippen LogP contribution is 2.26. The second-order valence-electron chi connectivity index (χ2n) is 4.12. The van der Waals surface area contributed by atoms with Crippen molar-refractivity contribution in [1.29, 1.82) is 0 Å². The molecule has 5 heteroatoms. The molecule has 1 aromatic carbocycles. The van der Waals surface area contributed by atoms with Crippen molar-refractivity contribution in [3.8, 4) is 0 Å². The number of hydrogen-bond acceptors (Lipinski definition) is 2. The maximum Gasteiger partial charge on any atom is 0.242 e. The second-order valence-corrected chi connectivity index (χ2v) is 5.86. The van der Waals surface area contributed by atoms with E-state index >= 15 is 0 Å². The molecule has 0 aliphatic heterocycles. The highest BCUT2D eigenvalue weighted by molar-refractivity contribution is 7.09. The lowest BCUT2D eigenvalue weighted by Crippen LogP contribution is -2.31. The van der Waals surface area contributed by atoms with Gasteiger partial charge in [-0.2, -0.15) is 0 Å². The summed E-state index contributed by atoms with van der Waals surface area (Å²) in [5.41, 5.74) is 1.81. The van der Waals surface area contributed by atoms with Crippen LogP contribution in [0.15, 0.2) is 35.7 Å². The molecule has 1 amide bonds. The minimum Gasteiger partial charge on any atom is -0.306 e. The first kappa shape index (κ1) is 14.4. The molecule has 0 unspecified atom stereocenters. The number of rotatable bonds is 4. The Morgan fingerprint density at radius 1 is 1.37 bits per heavy atom. The zero-order chi connectivity index (χ0) is 13.8. The SMILES string of the molecule is Cc1cc(Cl)ccc1N(Cc1cccs1)C(=O)CCl. The molecule has 0 saturated carbocycles. The van der Waals surface area contributed by atoms with E-state index in [-0.39, 0.29) is 11.8 Å². The van der Waals surface area contributed by atoms with Crippen molar-refractivity contribution in [1.82, 2.24) is 0 Å². The summed E-state index contributed by atoms with van der Waals surface area (Å²) in [6.45, 7) is 2.47. The number of alkyl halides is 1. The lowest BCUT2D eigenvalue weighted by Gasteiger charge is -2.23. The van der Waals surface area contributed by atoms with E-state index in [0.29, 0.717) is 11.6 Å². The van der Waals surface area contributed by atoms with E-state index in [0.717, 1.165) is 16.1 Å². The molecule has 19 heavy (non-hydrogen) atoms. The number of carbonyl (C=O) groups excluding carboxylic acids is 1. The Kier molecular flexibility index (Phi) is 4.86. The van der Waals surface area contributed by atoms with Gasteiger partial charge in [0.2, 0.25) is 5.91 Å². The lowest BCUT2D eigenvalue weighted by molar-refractivity contribution is -0.116. The lowest BCUT2D eigenvalue weighted by atomic mass is 10.1. The molecule has 100 valence electrons. The number of amides is 1. The molecule has 0 N–H and O–H groups in total. The molecule has 2 aromatic rings. The molecule has 0 radical (unpaired) electrons. The van der Waals surface area contributed by atoms with Crippen molar-refractivity contribution in [2.24, 2.45) is 0 Å². The highest BCUT2D eigenvalue weighted by atomic mass is 35.5. The molecular weight excluding hydrogens is 301 g/mol. The Hall–Kier alpha value is -1.03. The van der Waals surface area contributed by atoms with Gasteiger partial charge in [-0.1, -0.05) is 17.7 Å². The molecule has 0 spiro atoms. The Labute approximate surface area is 126 Å². The molecule has 0 aliphatic rings. The quantitative estimate of drug-likeness (QED) is 0.762. The fourth-order valence-corrected chi connectivity index (χ4v) is 2.92. The number of halogens is 2. The van der Waals surface area contributed by atoms with Crippen LogP contribution in [0, 0.1) is 6.92 Å². The van der Waals surface area contributed by atoms with E-state index in [1.54, 1.807) is 22.3 Å². The Bertz CT molecular complexity index is 569. The first-order valence-corrected chi connectivity index (χ1v) is 7.56. The van der Waals surface area contributed by atoms with Gasteiger partial charge < -0.3 is 4.90 Å². The summed E-state index contributed by atoms with van der Waals surface area (Å²) in [7, 11) is 0. The van der Waals surface area contributed by atoms with Crippen LogP contribution in [-0.2, 0) is 11.3 Å². The van der Waals surface area contributed by atoms with Crippen molar-refractivity contribution in [2.75, 3.05) is 10.8 Å². The first-order valence-electron chi connectivity index (χ1n) is 5.76. The van der Waals surface area contributed by atoms with Crippen LogP contribution < -0.4 is 4.90 Å². The summed E-state index contributed by atoms with van der Waals surface area (Å²) in [6, 6.07) is 9.46. The Morgan fingerprint density at radius 2 is 2.16 bits per heavy atom. The average Bonchev–Trinajstić information content (AvgIpc) is 2.89. The highest BCUT2D eigenvalue weighted by Gasteiger charge is 2.17. The van der Waals surface area contributed by atoms with Crippen LogP contribution in [0.25, 0.3) is 0 Å². The van der Waals surface area contributed by atoms with Gasteiger partial charge in [-0.05, 0) is 42.1 Å². The number of thiophene rings is 1. The Morgan fingerprint density at radius 3 is 2.74 bits per heavy atom. The van der Waals surface area contributed by atoms with Gasteiger partial charge >= 0.3 is 0 Å². The molecule has 0 saturated heterocycles. The van der Waals surface area contributed by atoms with Crippen LogP contribution in [0.4, 0.5) is 5.69 Å². The first-order chi connectivity index (χ1) is 9.11. The topological polar surface area (TPSA) is 20.3 Å². The van der Waals surface area contributed by atoms with E-state index in [2.05, 4.69) is 0 Å². The van der Waals surface area contributed by atoms with Gasteiger partial charge in [0, 0.05) is 15.6 Å². The molecule has 0 aliphatic carbocycles. The van der Waals surface area contributed by atoms with E-state index in [9.17, 15) is 4.79 Å². The standard InChI is InChI=1S/C14H13Cl2NOS/c1-10-7-11(16)4-5-13(10)17(14(18)8-15)9-12-3-2-6-19-12/h2-7H,8-9H2,1H3. The number of aryl methyl sites for hydroxylation is 1. The van der Waals surface area contributed by atoms with Gasteiger partial charge in [0.1, 0.15) is 5.88 Å². The average molecular weight is 314 g/mol. The van der Waals surface area contributed by atoms with Crippen molar-refractivity contribution in [3.63, 3.8) is 0 Å². The zero-order valence-electron chi connectivity index (χ0n) is 10.4. The molecule has 2 nitrogen and oxygen atoms in total. The third kappa shape index (κ3) is 3.50. The molecule has 0 atom stereocenters. The van der Waals surface area contributed by atoms with Gasteiger partial charge in [0.15, 0.2) is 0 Å². The smallest absolute Gasteiger partial charge is 0.242 e.